The summed E-state index contributed by atoms with van der Waals surface area (Å²) < 4.78 is 0. The summed E-state index contributed by atoms with van der Waals surface area (Å²) in [6.07, 6.45) is 1.85. The largest absolute Gasteiger partial charge is 0.769 e. The smallest absolute Gasteiger partial charge is 0.258 e. The van der Waals surface area contributed by atoms with Crippen molar-refractivity contribution in [3.63, 3.8) is 0 Å². The first kappa shape index (κ1) is 21.7. The van der Waals surface area contributed by atoms with Gasteiger partial charge in [-0.15, -0.1) is 5.23 Å². The molecule has 30 heavy (non-hydrogen) atoms. The standard InChI is InChI=1S/C21H23N3O6/c1-13-3-5-16-12-20(24(29)30)17(6-4-14(2)25)11-19(16)22(13)21(26)15-7-9-18(10-8-15)23(27)28/h7-13,29-30H,3-6H2,1-2H3/q-2/t13-/m0/s1. The summed E-state index contributed by atoms with van der Waals surface area (Å²) in [7, 11) is 0. The fourth-order valence-electron chi connectivity index (χ4n) is 3.69. The predicted molar refractivity (Wildman–Crippen MR) is 112 cm³/mol. The van der Waals surface area contributed by atoms with E-state index in [1.807, 2.05) is 6.92 Å². The number of aryl methyl sites for hydroxylation is 2. The number of benzene rings is 2. The molecule has 0 bridgehead atoms. The van der Waals surface area contributed by atoms with Crippen LogP contribution in [0.15, 0.2) is 36.4 Å². The molecule has 2 aromatic carbocycles. The number of rotatable bonds is 6. The van der Waals surface area contributed by atoms with Crippen LogP contribution in [0.1, 0.15) is 48.2 Å². The third-order valence-corrected chi connectivity index (χ3v) is 5.32. The number of hydrogen-bond acceptors (Lipinski definition) is 8. The van der Waals surface area contributed by atoms with Crippen molar-refractivity contribution >= 4 is 28.8 Å². The molecule has 0 aromatic heterocycles. The third-order valence-electron chi connectivity index (χ3n) is 5.32. The molecule has 160 valence electrons. The van der Waals surface area contributed by atoms with Gasteiger partial charge < -0.3 is 25.3 Å². The zero-order valence-electron chi connectivity index (χ0n) is 16.7. The Hall–Kier alpha value is -2.98. The molecule has 9 heteroatoms. The summed E-state index contributed by atoms with van der Waals surface area (Å²) in [6.45, 7) is 3.38. The lowest BCUT2D eigenvalue weighted by Crippen LogP contribution is -2.42. The van der Waals surface area contributed by atoms with Crippen LogP contribution < -0.4 is 15.4 Å². The number of ketones is 1. The van der Waals surface area contributed by atoms with Gasteiger partial charge in [-0.3, -0.25) is 15.2 Å². The average molecular weight is 413 g/mol. The van der Waals surface area contributed by atoms with Gasteiger partial charge in [0.1, 0.15) is 5.78 Å². The van der Waals surface area contributed by atoms with Gasteiger partial charge in [-0.2, -0.15) is 0 Å². The molecule has 2 aromatic rings. The van der Waals surface area contributed by atoms with E-state index < -0.39 is 5.23 Å². The molecule has 1 aliphatic heterocycles. The third kappa shape index (κ3) is 4.44. The van der Waals surface area contributed by atoms with Crippen molar-refractivity contribution in [1.82, 2.24) is 0 Å². The summed E-state index contributed by atoms with van der Waals surface area (Å²) in [5.74, 6) is -0.332. The van der Waals surface area contributed by atoms with E-state index in [9.17, 15) is 30.4 Å². The number of amides is 1. The second-order valence-electron chi connectivity index (χ2n) is 7.47. The van der Waals surface area contributed by atoms with Crippen molar-refractivity contribution in [2.75, 3.05) is 15.4 Å². The molecule has 1 heterocycles. The number of anilines is 3. The highest BCUT2D eigenvalue weighted by Gasteiger charge is 2.30. The first-order chi connectivity index (χ1) is 14.2. The highest BCUT2D eigenvalue weighted by molar-refractivity contribution is 6.07. The highest BCUT2D eigenvalue weighted by atomic mass is 16.8. The lowest BCUT2D eigenvalue weighted by molar-refractivity contribution is -0.117. The molecule has 9 nitrogen and oxygen atoms in total. The normalized spacial score (nSPS) is 15.5. The van der Waals surface area contributed by atoms with Crippen LogP contribution in [0.5, 0.6) is 0 Å². The number of Topliss-reactive ketones (excluding diaryl/α,β-unsaturated/α-hetero) is 1. The predicted octanol–water partition coefficient (Wildman–Crippen LogP) is 3.58. The Balaban J connectivity index is 2.02. The van der Waals surface area contributed by atoms with E-state index in [0.717, 1.165) is 5.56 Å². The van der Waals surface area contributed by atoms with E-state index in [-0.39, 0.29) is 40.8 Å². The molecule has 0 unspecified atom stereocenters. The quantitative estimate of drug-likeness (QED) is 0.687. The molecule has 0 spiro atoms. The number of carbonyl (C=O) groups excluding carboxylic acids is 2. The maximum absolute atomic E-state index is 13.2. The molecule has 2 N–H and O–H groups in total. The van der Waals surface area contributed by atoms with Crippen molar-refractivity contribution in [2.24, 2.45) is 0 Å². The van der Waals surface area contributed by atoms with E-state index in [2.05, 4.69) is 0 Å². The molecule has 3 rings (SSSR count). The van der Waals surface area contributed by atoms with E-state index in [1.165, 1.54) is 31.2 Å². The summed E-state index contributed by atoms with van der Waals surface area (Å²) in [5, 5.41) is 40.5. The van der Waals surface area contributed by atoms with Gasteiger partial charge in [0.15, 0.2) is 0 Å². The number of carbonyl (C=O) groups is 2. The van der Waals surface area contributed by atoms with Gasteiger partial charge >= 0.3 is 0 Å². The Morgan fingerprint density at radius 2 is 1.83 bits per heavy atom. The summed E-state index contributed by atoms with van der Waals surface area (Å²) in [5.41, 5.74) is 2.34. The zero-order chi connectivity index (χ0) is 22.0. The second-order valence-corrected chi connectivity index (χ2v) is 7.47. The Kier molecular flexibility index (Phi) is 6.37. The average Bonchev–Trinajstić information content (AvgIpc) is 2.71. The minimum absolute atomic E-state index is 0.0340. The van der Waals surface area contributed by atoms with Crippen LogP contribution in [0.4, 0.5) is 17.1 Å². The second kappa shape index (κ2) is 8.80. The molecule has 0 saturated carbocycles. The van der Waals surface area contributed by atoms with Gasteiger partial charge in [0, 0.05) is 29.4 Å². The first-order valence-corrected chi connectivity index (χ1v) is 9.60. The van der Waals surface area contributed by atoms with Crippen LogP contribution in [0.3, 0.4) is 0 Å². The van der Waals surface area contributed by atoms with Crippen LogP contribution in [0.2, 0.25) is 0 Å². The van der Waals surface area contributed by atoms with Gasteiger partial charge in [-0.1, -0.05) is 0 Å². The van der Waals surface area contributed by atoms with Crippen LogP contribution in [0, 0.1) is 10.4 Å². The summed E-state index contributed by atoms with van der Waals surface area (Å²) in [4.78, 5) is 26.3. The Labute approximate surface area is 173 Å². The van der Waals surface area contributed by atoms with E-state index in [0.29, 0.717) is 36.1 Å². The molecule has 0 saturated heterocycles. The van der Waals surface area contributed by atoms with Crippen LogP contribution in [-0.2, 0) is 17.6 Å². The summed E-state index contributed by atoms with van der Waals surface area (Å²) >= 11 is 0. The van der Waals surface area contributed by atoms with Crippen molar-refractivity contribution in [1.29, 1.82) is 0 Å². The maximum atomic E-state index is 13.2. The topological polar surface area (TPSA) is 130 Å². The van der Waals surface area contributed by atoms with Crippen LogP contribution in [0.25, 0.3) is 0 Å². The maximum Gasteiger partial charge on any atom is 0.258 e. The fraction of sp³-hybridized carbons (Fsp3) is 0.333. The molecule has 0 aliphatic carbocycles. The monoisotopic (exact) mass is 413 g/mol. The SMILES string of the molecule is CC(=O)CCc1cc2c(cc1N(O)O)CC[C@H](C)N2C(=O)c1ccc(N([O-])[O-])cc1. The van der Waals surface area contributed by atoms with Crippen molar-refractivity contribution in [3.05, 3.63) is 63.5 Å². The van der Waals surface area contributed by atoms with Gasteiger partial charge in [0.25, 0.3) is 5.91 Å². The van der Waals surface area contributed by atoms with E-state index in [4.69, 9.17) is 0 Å². The number of nitrogens with zero attached hydrogens (tertiary/aromatic N) is 3. The lowest BCUT2D eigenvalue weighted by atomic mass is 9.92. The van der Waals surface area contributed by atoms with Crippen molar-refractivity contribution in [2.45, 2.75) is 45.6 Å². The Morgan fingerprint density at radius 1 is 1.17 bits per heavy atom. The van der Waals surface area contributed by atoms with Crippen molar-refractivity contribution < 1.29 is 20.0 Å². The Bertz CT molecular complexity index is 943. The molecular weight excluding hydrogens is 390 g/mol. The zero-order valence-corrected chi connectivity index (χ0v) is 16.7. The molecular formula is C21H23N3O6-2. The minimum Gasteiger partial charge on any atom is -0.769 e. The molecule has 1 aliphatic rings. The fourth-order valence-corrected chi connectivity index (χ4v) is 3.69. The van der Waals surface area contributed by atoms with Crippen molar-refractivity contribution in [3.8, 4) is 0 Å². The van der Waals surface area contributed by atoms with Crippen LogP contribution >= 0.6 is 0 Å². The van der Waals surface area contributed by atoms with Gasteiger partial charge in [-0.25, -0.2) is 0 Å². The highest BCUT2D eigenvalue weighted by Crippen LogP contribution is 2.37. The summed E-state index contributed by atoms with van der Waals surface area (Å²) in [6, 6.07) is 8.65. The van der Waals surface area contributed by atoms with Gasteiger partial charge in [-0.05, 0) is 80.6 Å². The Morgan fingerprint density at radius 3 is 2.40 bits per heavy atom. The van der Waals surface area contributed by atoms with E-state index >= 15 is 0 Å². The van der Waals surface area contributed by atoms with Gasteiger partial charge in [0.05, 0.1) is 5.69 Å². The molecule has 0 radical (unpaired) electrons. The molecule has 1 amide bonds. The van der Waals surface area contributed by atoms with Gasteiger partial charge in [0.2, 0.25) is 0 Å². The molecule has 1 atom stereocenters. The number of fused-ring (bicyclic) bond motifs is 1. The lowest BCUT2D eigenvalue weighted by Gasteiger charge is -2.38. The first-order valence-electron chi connectivity index (χ1n) is 9.60. The number of hydrogen-bond donors (Lipinski definition) is 2. The minimum atomic E-state index is -0.522. The molecule has 0 fully saturated rings. The van der Waals surface area contributed by atoms with E-state index in [1.54, 1.807) is 17.0 Å². The van der Waals surface area contributed by atoms with Crippen LogP contribution in [-0.4, -0.2) is 28.1 Å².